The maximum atomic E-state index is 12.4. The van der Waals surface area contributed by atoms with Crippen molar-refractivity contribution in [2.75, 3.05) is 13.6 Å². The summed E-state index contributed by atoms with van der Waals surface area (Å²) in [6.07, 6.45) is 0. The molecule has 2 rings (SSSR count). The fourth-order valence-electron chi connectivity index (χ4n) is 1.88. The Balaban J connectivity index is 2.45. The zero-order valence-corrected chi connectivity index (χ0v) is 12.9. The van der Waals surface area contributed by atoms with Gasteiger partial charge in [0.25, 0.3) is 0 Å². The first kappa shape index (κ1) is 15.3. The third kappa shape index (κ3) is 3.12. The number of hydrogen-bond donors (Lipinski definition) is 2. The van der Waals surface area contributed by atoms with Crippen LogP contribution in [0.2, 0.25) is 5.02 Å². The number of hydrogen-bond acceptors (Lipinski definition) is 3. The van der Waals surface area contributed by atoms with Gasteiger partial charge in [0.2, 0.25) is 10.0 Å². The lowest BCUT2D eigenvalue weighted by Gasteiger charge is -2.13. The van der Waals surface area contributed by atoms with E-state index in [0.29, 0.717) is 17.0 Å². The zero-order valence-electron chi connectivity index (χ0n) is 11.4. The topological polar surface area (TPSA) is 58.2 Å². The van der Waals surface area contributed by atoms with Gasteiger partial charge in [-0.2, -0.15) is 0 Å². The number of fused-ring (bicyclic) bond motifs is 1. The van der Waals surface area contributed by atoms with Crippen LogP contribution in [0.15, 0.2) is 41.3 Å². The lowest BCUT2D eigenvalue weighted by Crippen LogP contribution is -2.37. The Morgan fingerprint density at radius 1 is 1.15 bits per heavy atom. The van der Waals surface area contributed by atoms with Crippen LogP contribution < -0.4 is 10.0 Å². The van der Waals surface area contributed by atoms with Crippen molar-refractivity contribution in [1.82, 2.24) is 10.0 Å². The van der Waals surface area contributed by atoms with Gasteiger partial charge in [-0.05, 0) is 26.1 Å². The van der Waals surface area contributed by atoms with Crippen molar-refractivity contribution in [3.63, 3.8) is 0 Å². The highest BCUT2D eigenvalue weighted by molar-refractivity contribution is 7.89. The predicted molar refractivity (Wildman–Crippen MR) is 82.7 cm³/mol. The van der Waals surface area contributed by atoms with Crippen LogP contribution in [0.1, 0.15) is 6.92 Å². The van der Waals surface area contributed by atoms with E-state index in [0.717, 1.165) is 5.39 Å². The van der Waals surface area contributed by atoms with Crippen LogP contribution in [-0.2, 0) is 10.0 Å². The molecule has 0 amide bonds. The summed E-state index contributed by atoms with van der Waals surface area (Å²) >= 11 is 6.10. The molecule has 0 aromatic heterocycles. The number of nitrogens with one attached hydrogen (secondary N) is 2. The van der Waals surface area contributed by atoms with Crippen LogP contribution in [0.3, 0.4) is 0 Å². The molecule has 0 bridgehead atoms. The van der Waals surface area contributed by atoms with Gasteiger partial charge in [-0.15, -0.1) is 0 Å². The Hall–Kier alpha value is -1.14. The highest BCUT2D eigenvalue weighted by Crippen LogP contribution is 2.28. The van der Waals surface area contributed by atoms with Gasteiger partial charge in [0.1, 0.15) is 0 Å². The van der Waals surface area contributed by atoms with Crippen LogP contribution >= 0.6 is 11.6 Å². The quantitative estimate of drug-likeness (QED) is 0.891. The molecule has 4 nitrogen and oxygen atoms in total. The monoisotopic (exact) mass is 312 g/mol. The largest absolute Gasteiger partial charge is 0.316 e. The van der Waals surface area contributed by atoms with E-state index in [2.05, 4.69) is 10.0 Å². The van der Waals surface area contributed by atoms with Gasteiger partial charge in [-0.1, -0.05) is 35.9 Å². The van der Waals surface area contributed by atoms with Gasteiger partial charge < -0.3 is 5.32 Å². The Morgan fingerprint density at radius 2 is 1.80 bits per heavy atom. The molecule has 0 saturated carbocycles. The first-order valence-electron chi connectivity index (χ1n) is 6.30. The number of benzene rings is 2. The molecule has 0 aliphatic heterocycles. The molecule has 6 heteroatoms. The third-order valence-corrected chi connectivity index (χ3v) is 5.00. The minimum Gasteiger partial charge on any atom is -0.316 e. The average molecular weight is 313 g/mol. The summed E-state index contributed by atoms with van der Waals surface area (Å²) in [7, 11) is -1.77. The van der Waals surface area contributed by atoms with Crippen molar-refractivity contribution >= 4 is 32.4 Å². The van der Waals surface area contributed by atoms with Crippen LogP contribution in [0.25, 0.3) is 10.8 Å². The van der Waals surface area contributed by atoms with E-state index in [4.69, 9.17) is 11.6 Å². The molecule has 0 aliphatic rings. The smallest absolute Gasteiger partial charge is 0.241 e. The molecule has 1 atom stereocenters. The van der Waals surface area contributed by atoms with Crippen LogP contribution in [0.5, 0.6) is 0 Å². The van der Waals surface area contributed by atoms with E-state index < -0.39 is 10.0 Å². The van der Waals surface area contributed by atoms with Crippen LogP contribution in [0.4, 0.5) is 0 Å². The Kier molecular flexibility index (Phi) is 4.65. The fourth-order valence-corrected chi connectivity index (χ4v) is 3.45. The molecule has 2 N–H and O–H groups in total. The van der Waals surface area contributed by atoms with Gasteiger partial charge in [-0.25, -0.2) is 13.1 Å². The Labute approximate surface area is 124 Å². The summed E-state index contributed by atoms with van der Waals surface area (Å²) < 4.78 is 27.4. The van der Waals surface area contributed by atoms with Crippen molar-refractivity contribution in [3.05, 3.63) is 41.4 Å². The van der Waals surface area contributed by atoms with Crippen molar-refractivity contribution in [2.45, 2.75) is 17.9 Å². The zero-order chi connectivity index (χ0) is 14.8. The van der Waals surface area contributed by atoms with Gasteiger partial charge >= 0.3 is 0 Å². The maximum absolute atomic E-state index is 12.4. The molecular weight excluding hydrogens is 296 g/mol. The normalized spacial score (nSPS) is 13.6. The molecule has 0 aliphatic carbocycles. The predicted octanol–water partition coefficient (Wildman–Crippen LogP) is 2.38. The molecule has 0 fully saturated rings. The number of halogens is 1. The SMILES string of the molecule is CNC(C)CNS(=O)(=O)c1ccc(Cl)c2ccccc12. The molecule has 1 unspecified atom stereocenters. The first-order valence-corrected chi connectivity index (χ1v) is 8.16. The number of likely N-dealkylation sites (N-methyl/N-ethyl adjacent to an activating group) is 1. The van der Waals surface area contributed by atoms with E-state index in [-0.39, 0.29) is 10.9 Å². The summed E-state index contributed by atoms with van der Waals surface area (Å²) in [6.45, 7) is 2.23. The maximum Gasteiger partial charge on any atom is 0.241 e. The third-order valence-electron chi connectivity index (χ3n) is 3.19. The van der Waals surface area contributed by atoms with Gasteiger partial charge in [-0.3, -0.25) is 0 Å². The summed E-state index contributed by atoms with van der Waals surface area (Å²) in [5.41, 5.74) is 0. The second-order valence-electron chi connectivity index (χ2n) is 4.63. The van der Waals surface area contributed by atoms with E-state index >= 15 is 0 Å². The molecule has 0 saturated heterocycles. The molecule has 2 aromatic carbocycles. The summed E-state index contributed by atoms with van der Waals surface area (Å²) in [5.74, 6) is 0. The average Bonchev–Trinajstić information content (AvgIpc) is 2.45. The molecule has 20 heavy (non-hydrogen) atoms. The van der Waals surface area contributed by atoms with Crippen LogP contribution in [0, 0.1) is 0 Å². The van der Waals surface area contributed by atoms with E-state index in [9.17, 15) is 8.42 Å². The van der Waals surface area contributed by atoms with Crippen molar-refractivity contribution in [2.24, 2.45) is 0 Å². The second-order valence-corrected chi connectivity index (χ2v) is 6.78. The molecular formula is C14H17ClN2O2S. The molecule has 2 aromatic rings. The standard InChI is InChI=1S/C14H17ClN2O2S/c1-10(16-2)9-17-20(18,19)14-8-7-13(15)11-5-3-4-6-12(11)14/h3-8,10,16-17H,9H2,1-2H3. The minimum atomic E-state index is -3.56. The lowest BCUT2D eigenvalue weighted by molar-refractivity contribution is 0.555. The first-order chi connectivity index (χ1) is 9.45. The van der Waals surface area contributed by atoms with Gasteiger partial charge in [0.15, 0.2) is 0 Å². The second kappa shape index (κ2) is 6.10. The summed E-state index contributed by atoms with van der Waals surface area (Å²) in [6, 6.07) is 10.4. The van der Waals surface area contributed by atoms with E-state index in [1.165, 1.54) is 6.07 Å². The fraction of sp³-hybridized carbons (Fsp3) is 0.286. The Morgan fingerprint density at radius 3 is 2.45 bits per heavy atom. The lowest BCUT2D eigenvalue weighted by atomic mass is 10.1. The van der Waals surface area contributed by atoms with E-state index in [1.807, 2.05) is 19.1 Å². The van der Waals surface area contributed by atoms with Crippen molar-refractivity contribution < 1.29 is 8.42 Å². The molecule has 0 spiro atoms. The van der Waals surface area contributed by atoms with Gasteiger partial charge in [0.05, 0.1) is 4.90 Å². The van der Waals surface area contributed by atoms with Crippen LogP contribution in [-0.4, -0.2) is 28.1 Å². The highest BCUT2D eigenvalue weighted by atomic mass is 35.5. The van der Waals surface area contributed by atoms with Gasteiger partial charge in [0, 0.05) is 28.4 Å². The summed E-state index contributed by atoms with van der Waals surface area (Å²) in [4.78, 5) is 0.251. The van der Waals surface area contributed by atoms with Crippen molar-refractivity contribution in [3.8, 4) is 0 Å². The summed E-state index contributed by atoms with van der Waals surface area (Å²) in [5, 5.41) is 4.90. The van der Waals surface area contributed by atoms with E-state index in [1.54, 1.807) is 25.2 Å². The Bertz CT molecular complexity index is 716. The number of rotatable bonds is 5. The molecule has 0 heterocycles. The minimum absolute atomic E-state index is 0.0586. The molecule has 108 valence electrons. The van der Waals surface area contributed by atoms with Crippen molar-refractivity contribution in [1.29, 1.82) is 0 Å². The number of sulfonamides is 1. The molecule has 0 radical (unpaired) electrons. The highest BCUT2D eigenvalue weighted by Gasteiger charge is 2.18.